The molecule has 3 aliphatic heterocycles. The van der Waals surface area contributed by atoms with E-state index in [4.69, 9.17) is 17.8 Å². The summed E-state index contributed by atoms with van der Waals surface area (Å²) in [4.78, 5) is 33.8. The van der Waals surface area contributed by atoms with E-state index in [-0.39, 0.29) is 24.3 Å². The second kappa shape index (κ2) is 12.8. The van der Waals surface area contributed by atoms with Crippen LogP contribution in [0.3, 0.4) is 0 Å². The van der Waals surface area contributed by atoms with Crippen molar-refractivity contribution < 1.29 is 13.6 Å². The zero-order chi connectivity index (χ0) is 34.7. The first kappa shape index (κ1) is 32.4. The Morgan fingerprint density at radius 1 is 1.00 bits per heavy atom. The summed E-state index contributed by atoms with van der Waals surface area (Å²) in [7, 11) is 0. The largest absolute Gasteiger partial charge is 0.356 e. The molecule has 3 aromatic heterocycles. The summed E-state index contributed by atoms with van der Waals surface area (Å²) >= 11 is 6.85. The molecule has 50 heavy (non-hydrogen) atoms. The minimum absolute atomic E-state index is 0.0326. The number of fused-ring (bicyclic) bond motifs is 4. The summed E-state index contributed by atoms with van der Waals surface area (Å²) < 4.78 is 4.05. The highest BCUT2D eigenvalue weighted by atomic mass is 32.1. The fraction of sp³-hybridized carbons (Fsp3) is 0.316. The van der Waals surface area contributed by atoms with Crippen molar-refractivity contribution in [1.29, 1.82) is 0 Å². The molecular weight excluding hydrogens is 665 g/mol. The first-order valence-corrected chi connectivity index (χ1v) is 18.2. The molecule has 0 radical (unpaired) electrons. The van der Waals surface area contributed by atoms with Crippen LogP contribution in [0.25, 0.3) is 16.1 Å². The Balaban J connectivity index is 0.975. The highest BCUT2D eigenvalue weighted by molar-refractivity contribution is 7.73. The predicted molar refractivity (Wildman–Crippen MR) is 200 cm³/mol. The van der Waals surface area contributed by atoms with Crippen LogP contribution in [0.5, 0.6) is 0 Å². The molecule has 2 amide bonds. The quantitative estimate of drug-likeness (QED) is 0.147. The van der Waals surface area contributed by atoms with Crippen LogP contribution in [0.2, 0.25) is 0 Å². The topological polar surface area (TPSA) is 108 Å². The number of piperidine rings is 1. The van der Waals surface area contributed by atoms with Crippen molar-refractivity contribution in [3.8, 4) is 16.1 Å². The molecule has 0 aliphatic carbocycles. The monoisotopic (exact) mass is 703 g/mol. The molecule has 8 rings (SSSR count). The Kier molecular flexibility index (Phi) is 8.31. The number of thiol groups is 1. The van der Waals surface area contributed by atoms with Gasteiger partial charge in [0, 0.05) is 47.0 Å². The van der Waals surface area contributed by atoms with Gasteiger partial charge in [-0.15, -0.1) is 25.5 Å². The van der Waals surface area contributed by atoms with Gasteiger partial charge in [-0.2, -0.15) is 0 Å². The second-order valence-electron chi connectivity index (χ2n) is 13.5. The van der Waals surface area contributed by atoms with Gasteiger partial charge in [-0.1, -0.05) is 23.8 Å². The van der Waals surface area contributed by atoms with Crippen LogP contribution in [-0.2, 0) is 16.0 Å². The Morgan fingerprint density at radius 2 is 1.74 bits per heavy atom. The van der Waals surface area contributed by atoms with E-state index in [9.17, 15) is 9.59 Å². The van der Waals surface area contributed by atoms with Crippen molar-refractivity contribution in [1.82, 2.24) is 25.1 Å². The van der Waals surface area contributed by atoms with Crippen LogP contribution in [0.15, 0.2) is 60.8 Å². The first-order valence-electron chi connectivity index (χ1n) is 17.0. The molecule has 5 aromatic rings. The molecule has 12 heteroatoms. The summed E-state index contributed by atoms with van der Waals surface area (Å²) in [6.07, 6.45) is 4.15. The standard InChI is InChI=1S/C38H38N8O2S2/c1-21-5-7-25(8-6-21)36-35-22(2)23(3)50-38(35)45-24(4)42-43-37(45)31(46(36)49)19-34(48)40-29-13-15-44(16-14-29)32-12-10-27(20-39-32)26-9-11-30-28(17-26)18-33(47)41-30/h5-12,17,20,29,31H,13-16,18-19H2,1-4H3,(H2-,40,41,47,48,49)/p+1/t31-/m0/s1. The second-order valence-corrected chi connectivity index (χ2v) is 15.1. The number of carbonyl (C=O) groups is 2. The van der Waals surface area contributed by atoms with Gasteiger partial charge in [0.15, 0.2) is 0 Å². The van der Waals surface area contributed by atoms with E-state index in [1.54, 1.807) is 11.3 Å². The van der Waals surface area contributed by atoms with Crippen LogP contribution < -0.4 is 15.5 Å². The van der Waals surface area contributed by atoms with E-state index >= 15 is 0 Å². The molecule has 254 valence electrons. The summed E-state index contributed by atoms with van der Waals surface area (Å²) in [5.41, 5.74) is 9.48. The van der Waals surface area contributed by atoms with Gasteiger partial charge in [0.05, 0.1) is 18.4 Å². The van der Waals surface area contributed by atoms with Crippen LogP contribution in [0.4, 0.5) is 11.5 Å². The van der Waals surface area contributed by atoms with Crippen LogP contribution >= 0.6 is 24.2 Å². The fourth-order valence-corrected chi connectivity index (χ4v) is 8.92. The van der Waals surface area contributed by atoms with Gasteiger partial charge >= 0.3 is 0 Å². The molecule has 0 bridgehead atoms. The molecule has 0 spiro atoms. The van der Waals surface area contributed by atoms with Crippen LogP contribution in [0.1, 0.15) is 69.6 Å². The third-order valence-corrected chi connectivity index (χ3v) is 11.8. The summed E-state index contributed by atoms with van der Waals surface area (Å²) in [5, 5.41) is 16.4. The lowest BCUT2D eigenvalue weighted by molar-refractivity contribution is -0.401. The Hall–Kier alpha value is -4.81. The zero-order valence-electron chi connectivity index (χ0n) is 28.5. The van der Waals surface area contributed by atoms with E-state index in [1.165, 1.54) is 16.0 Å². The number of thiophene rings is 1. The molecule has 2 aromatic carbocycles. The minimum atomic E-state index is -0.430. The third kappa shape index (κ3) is 5.79. The number of benzene rings is 2. The van der Waals surface area contributed by atoms with Crippen LogP contribution in [0, 0.1) is 27.7 Å². The number of aryl methyl sites for hydroxylation is 3. The normalized spacial score (nSPS) is 17.3. The number of hydrogen-bond donors (Lipinski definition) is 3. The lowest BCUT2D eigenvalue weighted by atomic mass is 9.98. The van der Waals surface area contributed by atoms with E-state index in [0.717, 1.165) is 81.8 Å². The molecule has 1 saturated heterocycles. The fourth-order valence-electron chi connectivity index (χ4n) is 7.30. The minimum Gasteiger partial charge on any atom is -0.356 e. The lowest BCUT2D eigenvalue weighted by Crippen LogP contribution is -2.45. The SMILES string of the molecule is Cc1ccc(C2=[N+](S)[C@@H](CC(=O)NC3CCN(c4ccc(-c5ccc6c(c5)CC(=O)N6)cn4)CC3)c3nnc(C)n3-c3sc(C)c(C)c32)cc1. The number of aromatic nitrogens is 4. The van der Waals surface area contributed by atoms with Crippen molar-refractivity contribution in [2.45, 2.75) is 65.5 Å². The van der Waals surface area contributed by atoms with E-state index in [0.29, 0.717) is 12.2 Å². The average Bonchev–Trinajstić information content (AvgIpc) is 3.75. The van der Waals surface area contributed by atoms with Crippen molar-refractivity contribution in [2.75, 3.05) is 23.3 Å². The molecule has 1 atom stereocenters. The first-order chi connectivity index (χ1) is 24.1. The van der Waals surface area contributed by atoms with Crippen molar-refractivity contribution >= 4 is 53.2 Å². The summed E-state index contributed by atoms with van der Waals surface area (Å²) in [6, 6.07) is 18.3. The zero-order valence-corrected chi connectivity index (χ0v) is 30.2. The number of rotatable bonds is 6. The van der Waals surface area contributed by atoms with E-state index < -0.39 is 6.04 Å². The predicted octanol–water partition coefficient (Wildman–Crippen LogP) is 6.04. The Morgan fingerprint density at radius 3 is 2.48 bits per heavy atom. The molecule has 6 heterocycles. The molecular formula is C38H39N8O2S2+. The van der Waals surface area contributed by atoms with Crippen molar-refractivity contribution in [2.24, 2.45) is 0 Å². The van der Waals surface area contributed by atoms with Crippen molar-refractivity contribution in [3.05, 3.63) is 105 Å². The number of amides is 2. The summed E-state index contributed by atoms with van der Waals surface area (Å²) in [5.74, 6) is 2.43. The average molecular weight is 704 g/mol. The van der Waals surface area contributed by atoms with Gasteiger partial charge in [0.1, 0.15) is 29.5 Å². The smallest absolute Gasteiger partial charge is 0.235 e. The maximum atomic E-state index is 13.8. The van der Waals surface area contributed by atoms with Gasteiger partial charge < -0.3 is 15.5 Å². The molecule has 3 aliphatic rings. The number of nitrogens with one attached hydrogen (secondary N) is 2. The maximum absolute atomic E-state index is 13.8. The molecule has 10 nitrogen and oxygen atoms in total. The highest BCUT2D eigenvalue weighted by Crippen LogP contribution is 2.40. The lowest BCUT2D eigenvalue weighted by Gasteiger charge is -2.33. The van der Waals surface area contributed by atoms with Crippen LogP contribution in [-0.4, -0.2) is 60.4 Å². The van der Waals surface area contributed by atoms with Gasteiger partial charge in [-0.05, 0) is 93.6 Å². The highest BCUT2D eigenvalue weighted by Gasteiger charge is 2.41. The Labute approximate surface area is 300 Å². The molecule has 1 fully saturated rings. The number of pyridine rings is 1. The van der Waals surface area contributed by atoms with Gasteiger partial charge in [0.2, 0.25) is 29.4 Å². The number of hydrogen-bond acceptors (Lipinski definition) is 8. The Bertz CT molecular complexity index is 2180. The third-order valence-electron chi connectivity index (χ3n) is 10.2. The molecule has 0 unspecified atom stereocenters. The van der Waals surface area contributed by atoms with E-state index in [2.05, 4.69) is 93.5 Å². The summed E-state index contributed by atoms with van der Waals surface area (Å²) in [6.45, 7) is 9.93. The van der Waals surface area contributed by atoms with E-state index in [1.807, 2.05) is 29.2 Å². The maximum Gasteiger partial charge on any atom is 0.235 e. The number of carbonyl (C=O) groups excluding carboxylic acids is 2. The van der Waals surface area contributed by atoms with Crippen molar-refractivity contribution in [3.63, 3.8) is 0 Å². The molecule has 0 saturated carbocycles. The number of nitrogens with zero attached hydrogens (tertiary/aromatic N) is 6. The van der Waals surface area contributed by atoms with Gasteiger partial charge in [-0.3, -0.25) is 14.2 Å². The number of anilines is 2. The van der Waals surface area contributed by atoms with Gasteiger partial charge in [-0.25, -0.2) is 4.98 Å². The molecule has 2 N–H and O–H groups in total. The van der Waals surface area contributed by atoms with Gasteiger partial charge in [0.25, 0.3) is 0 Å².